The summed E-state index contributed by atoms with van der Waals surface area (Å²) in [5.74, 6) is 1.75. The lowest BCUT2D eigenvalue weighted by Gasteiger charge is -2.42. The Bertz CT molecular complexity index is 3170. The molecular formula is C54H35BN2O. The number of para-hydroxylation sites is 5. The molecule has 1 aromatic heterocycles. The van der Waals surface area contributed by atoms with Crippen LogP contribution in [0.3, 0.4) is 0 Å². The summed E-state index contributed by atoms with van der Waals surface area (Å²) in [6.07, 6.45) is 0. The van der Waals surface area contributed by atoms with Crippen LogP contribution in [0.15, 0.2) is 212 Å². The van der Waals surface area contributed by atoms with Crippen molar-refractivity contribution in [3.63, 3.8) is 0 Å². The lowest BCUT2D eigenvalue weighted by atomic mass is 9.44. The zero-order chi connectivity index (χ0) is 38.2. The van der Waals surface area contributed by atoms with Crippen LogP contribution in [0.25, 0.3) is 72.0 Å². The maximum absolute atomic E-state index is 7.23. The molecule has 58 heavy (non-hydrogen) atoms. The van der Waals surface area contributed by atoms with Crippen molar-refractivity contribution in [3.8, 4) is 61.7 Å². The summed E-state index contributed by atoms with van der Waals surface area (Å²) in [6, 6.07) is 76.7. The van der Waals surface area contributed by atoms with E-state index in [1.165, 1.54) is 60.8 Å². The highest BCUT2D eigenvalue weighted by Crippen LogP contribution is 2.47. The van der Waals surface area contributed by atoms with Crippen LogP contribution in [0.1, 0.15) is 0 Å². The average Bonchev–Trinajstić information content (AvgIpc) is 3.63. The summed E-state index contributed by atoms with van der Waals surface area (Å²) < 4.78 is 9.64. The fourth-order valence-corrected chi connectivity index (χ4v) is 9.56. The van der Waals surface area contributed by atoms with Crippen LogP contribution in [0, 0.1) is 0 Å². The molecule has 2 aliphatic rings. The van der Waals surface area contributed by atoms with E-state index in [0.717, 1.165) is 45.0 Å². The minimum absolute atomic E-state index is 0.105. The Morgan fingerprint density at radius 1 is 0.362 bits per heavy atom. The summed E-state index contributed by atoms with van der Waals surface area (Å²) in [6.45, 7) is -0.105. The van der Waals surface area contributed by atoms with Gasteiger partial charge in [-0.15, -0.1) is 0 Å². The first-order valence-electron chi connectivity index (χ1n) is 20.0. The Morgan fingerprint density at radius 3 is 1.64 bits per heavy atom. The highest BCUT2D eigenvalue weighted by Gasteiger charge is 2.44. The second-order valence-corrected chi connectivity index (χ2v) is 15.2. The topological polar surface area (TPSA) is 17.4 Å². The molecule has 0 N–H and O–H groups in total. The van der Waals surface area contributed by atoms with Gasteiger partial charge < -0.3 is 14.1 Å². The Hall–Kier alpha value is -7.56. The highest BCUT2D eigenvalue weighted by molar-refractivity contribution is 6.92. The van der Waals surface area contributed by atoms with Crippen molar-refractivity contribution in [2.45, 2.75) is 0 Å². The van der Waals surface area contributed by atoms with Gasteiger partial charge in [-0.1, -0.05) is 158 Å². The molecule has 12 rings (SSSR count). The summed E-state index contributed by atoms with van der Waals surface area (Å²) in [5, 5.41) is 2.50. The first-order chi connectivity index (χ1) is 28.8. The van der Waals surface area contributed by atoms with Crippen molar-refractivity contribution < 1.29 is 4.74 Å². The van der Waals surface area contributed by atoms with E-state index in [9.17, 15) is 0 Å². The minimum Gasteiger partial charge on any atom is -0.458 e. The molecule has 0 unspecified atom stereocenters. The predicted octanol–water partition coefficient (Wildman–Crippen LogP) is 12.8. The maximum atomic E-state index is 7.23. The molecule has 0 fully saturated rings. The van der Waals surface area contributed by atoms with E-state index in [4.69, 9.17) is 4.74 Å². The van der Waals surface area contributed by atoms with Crippen molar-refractivity contribution in [1.82, 2.24) is 4.57 Å². The van der Waals surface area contributed by atoms with E-state index in [-0.39, 0.29) is 6.85 Å². The second-order valence-electron chi connectivity index (χ2n) is 15.2. The first kappa shape index (κ1) is 32.7. The predicted molar refractivity (Wildman–Crippen MR) is 243 cm³/mol. The Morgan fingerprint density at radius 2 is 0.914 bits per heavy atom. The van der Waals surface area contributed by atoms with Crippen molar-refractivity contribution in [3.05, 3.63) is 212 Å². The standard InChI is InChI=1S/C54H35BN2O/c1-3-17-36(18-4-1)40-21-7-8-22-41(40)38-33-46-45-26-12-16-30-51(45)57(39-19-5-2-6-20-39)55-47-32-31-37(34-52(47)58-53(35-38)54(46)55)42-23-9-13-27-48(42)56-49-28-14-10-24-43(49)44-25-11-15-29-50(44)56/h1-35H. The highest BCUT2D eigenvalue weighted by atomic mass is 16.5. The lowest BCUT2D eigenvalue weighted by Crippen LogP contribution is -2.59. The van der Waals surface area contributed by atoms with Crippen molar-refractivity contribution >= 4 is 51.0 Å². The van der Waals surface area contributed by atoms with E-state index in [1.54, 1.807) is 0 Å². The van der Waals surface area contributed by atoms with Gasteiger partial charge in [0.1, 0.15) is 11.5 Å². The summed E-state index contributed by atoms with van der Waals surface area (Å²) in [4.78, 5) is 2.51. The van der Waals surface area contributed by atoms with Gasteiger partial charge in [0, 0.05) is 38.7 Å². The molecule has 0 amide bonds. The zero-order valence-electron chi connectivity index (χ0n) is 31.6. The summed E-state index contributed by atoms with van der Waals surface area (Å²) in [5.41, 5.74) is 17.5. The van der Waals surface area contributed by atoms with Gasteiger partial charge in [0.15, 0.2) is 0 Å². The van der Waals surface area contributed by atoms with Crippen molar-refractivity contribution in [2.24, 2.45) is 0 Å². The van der Waals surface area contributed by atoms with Gasteiger partial charge >= 0.3 is 6.85 Å². The van der Waals surface area contributed by atoms with E-state index >= 15 is 0 Å². The van der Waals surface area contributed by atoms with E-state index < -0.39 is 0 Å². The first-order valence-corrected chi connectivity index (χ1v) is 20.0. The number of rotatable bonds is 5. The molecule has 0 saturated carbocycles. The van der Waals surface area contributed by atoms with Gasteiger partial charge in [-0.3, -0.25) is 0 Å². The van der Waals surface area contributed by atoms with Crippen LogP contribution >= 0.6 is 0 Å². The van der Waals surface area contributed by atoms with E-state index in [0.29, 0.717) is 0 Å². The van der Waals surface area contributed by atoms with Crippen LogP contribution in [-0.2, 0) is 0 Å². The molecule has 9 aromatic carbocycles. The monoisotopic (exact) mass is 738 g/mol. The van der Waals surface area contributed by atoms with E-state index in [1.807, 2.05) is 0 Å². The van der Waals surface area contributed by atoms with Crippen LogP contribution < -0.4 is 20.5 Å². The Balaban J connectivity index is 1.08. The third-order valence-electron chi connectivity index (χ3n) is 12.0. The number of anilines is 2. The Kier molecular flexibility index (Phi) is 7.33. The lowest BCUT2D eigenvalue weighted by molar-refractivity contribution is 0.487. The van der Waals surface area contributed by atoms with Gasteiger partial charge in [-0.25, -0.2) is 0 Å². The maximum Gasteiger partial charge on any atom is 0.336 e. The summed E-state index contributed by atoms with van der Waals surface area (Å²) in [7, 11) is 0. The van der Waals surface area contributed by atoms with Crippen molar-refractivity contribution in [2.75, 3.05) is 4.81 Å². The van der Waals surface area contributed by atoms with Crippen LogP contribution in [0.4, 0.5) is 11.4 Å². The van der Waals surface area contributed by atoms with Crippen molar-refractivity contribution in [1.29, 1.82) is 0 Å². The van der Waals surface area contributed by atoms with Crippen LogP contribution in [0.2, 0.25) is 0 Å². The molecule has 0 radical (unpaired) electrons. The summed E-state index contributed by atoms with van der Waals surface area (Å²) >= 11 is 0. The molecule has 4 heteroatoms. The molecule has 3 heterocycles. The molecule has 270 valence electrons. The molecule has 0 saturated heterocycles. The number of fused-ring (bicyclic) bond motifs is 7. The average molecular weight is 739 g/mol. The third kappa shape index (κ3) is 4.95. The van der Waals surface area contributed by atoms with Crippen LogP contribution in [0.5, 0.6) is 11.5 Å². The quantitative estimate of drug-likeness (QED) is 0.164. The molecule has 0 bridgehead atoms. The van der Waals surface area contributed by atoms with Gasteiger partial charge in [-0.2, -0.15) is 0 Å². The fourth-order valence-electron chi connectivity index (χ4n) is 9.56. The van der Waals surface area contributed by atoms with E-state index in [2.05, 4.69) is 222 Å². The SMILES string of the molecule is c1ccc(-c2ccccc2-c2cc3c4c(c2)-c2ccccc2N(c2ccccc2)B4c2ccc(-c4ccccc4-n4c5ccccc5c5ccccc54)cc2O3)cc1. The van der Waals surface area contributed by atoms with Gasteiger partial charge in [-0.05, 0) is 93.4 Å². The van der Waals surface area contributed by atoms with Gasteiger partial charge in [0.2, 0.25) is 0 Å². The molecular weight excluding hydrogens is 703 g/mol. The van der Waals surface area contributed by atoms with Gasteiger partial charge in [0.25, 0.3) is 0 Å². The smallest absolute Gasteiger partial charge is 0.336 e. The number of nitrogens with zero attached hydrogens (tertiary/aromatic N) is 2. The van der Waals surface area contributed by atoms with Crippen LogP contribution in [-0.4, -0.2) is 11.4 Å². The Labute approximate surface area is 337 Å². The molecule has 3 nitrogen and oxygen atoms in total. The number of ether oxygens (including phenoxy) is 1. The molecule has 10 aromatic rings. The molecule has 0 spiro atoms. The fraction of sp³-hybridized carbons (Fsp3) is 0. The zero-order valence-corrected chi connectivity index (χ0v) is 31.6. The molecule has 0 aliphatic carbocycles. The third-order valence-corrected chi connectivity index (χ3v) is 12.0. The minimum atomic E-state index is -0.105. The molecule has 2 aliphatic heterocycles. The number of hydrogen-bond donors (Lipinski definition) is 0. The normalized spacial score (nSPS) is 12.6. The van der Waals surface area contributed by atoms with Gasteiger partial charge in [0.05, 0.1) is 16.7 Å². The molecule has 0 atom stereocenters. The second kappa shape index (κ2) is 13.0. The largest absolute Gasteiger partial charge is 0.458 e. The number of benzene rings is 9. The number of hydrogen-bond acceptors (Lipinski definition) is 2. The number of aromatic nitrogens is 1.